The highest BCUT2D eigenvalue weighted by Gasteiger charge is 2.07. The van der Waals surface area contributed by atoms with E-state index in [0.717, 1.165) is 0 Å². The molecule has 0 saturated heterocycles. The van der Waals surface area contributed by atoms with Gasteiger partial charge >= 0.3 is 0 Å². The first kappa shape index (κ1) is 17.8. The first-order valence-electron chi connectivity index (χ1n) is 6.76. The summed E-state index contributed by atoms with van der Waals surface area (Å²) in [4.78, 5) is 22.9. The van der Waals surface area contributed by atoms with Gasteiger partial charge in [-0.05, 0) is 36.4 Å². The van der Waals surface area contributed by atoms with E-state index in [9.17, 15) is 14.7 Å². The Bertz CT molecular complexity index is 805. The molecule has 0 aromatic heterocycles. The Hall–Kier alpha value is -2.57. The molecule has 0 radical (unpaired) electrons. The number of hydrogen-bond donors (Lipinski definition) is 3. The Labute approximate surface area is 148 Å². The van der Waals surface area contributed by atoms with Gasteiger partial charge in [0.25, 0.3) is 5.91 Å². The van der Waals surface area contributed by atoms with Crippen LogP contribution in [0.15, 0.2) is 41.5 Å². The molecule has 0 fully saturated rings. The molecule has 0 bridgehead atoms. The fourth-order valence-electron chi connectivity index (χ4n) is 1.82. The fraction of sp³-hybridized carbons (Fsp3) is 0.0625. The molecule has 0 unspecified atom stereocenters. The summed E-state index contributed by atoms with van der Waals surface area (Å²) < 4.78 is 0. The maximum atomic E-state index is 12.0. The largest absolute Gasteiger partial charge is 0.506 e. The maximum Gasteiger partial charge on any atom is 0.271 e. The minimum absolute atomic E-state index is 0.0869. The van der Waals surface area contributed by atoms with Crippen molar-refractivity contribution in [2.24, 2.45) is 5.10 Å². The van der Waals surface area contributed by atoms with Crippen molar-refractivity contribution in [3.05, 3.63) is 57.6 Å². The number of nitrogens with zero attached hydrogens (tertiary/aromatic N) is 1. The van der Waals surface area contributed by atoms with E-state index in [-0.39, 0.29) is 22.2 Å². The number of hydrazone groups is 1. The van der Waals surface area contributed by atoms with Gasteiger partial charge in [-0.1, -0.05) is 23.2 Å². The maximum absolute atomic E-state index is 12.0. The average Bonchev–Trinajstić information content (AvgIpc) is 2.52. The van der Waals surface area contributed by atoms with Crippen molar-refractivity contribution in [2.45, 2.75) is 6.92 Å². The van der Waals surface area contributed by atoms with E-state index in [2.05, 4.69) is 15.8 Å². The monoisotopic (exact) mass is 365 g/mol. The van der Waals surface area contributed by atoms with Crippen LogP contribution in [-0.2, 0) is 4.79 Å². The van der Waals surface area contributed by atoms with E-state index < -0.39 is 5.91 Å². The Morgan fingerprint density at radius 2 is 1.83 bits per heavy atom. The lowest BCUT2D eigenvalue weighted by Crippen LogP contribution is -2.17. The minimum atomic E-state index is -0.451. The highest BCUT2D eigenvalue weighted by molar-refractivity contribution is 6.36. The minimum Gasteiger partial charge on any atom is -0.506 e. The van der Waals surface area contributed by atoms with Crippen LogP contribution in [0.1, 0.15) is 22.8 Å². The van der Waals surface area contributed by atoms with Gasteiger partial charge in [0.15, 0.2) is 0 Å². The number of carbonyl (C=O) groups excluding carboxylic acids is 2. The molecular weight excluding hydrogens is 353 g/mol. The third-order valence-electron chi connectivity index (χ3n) is 2.89. The summed E-state index contributed by atoms with van der Waals surface area (Å²) in [6.07, 6.45) is 1.23. The van der Waals surface area contributed by atoms with Gasteiger partial charge in [0.1, 0.15) is 5.75 Å². The lowest BCUT2D eigenvalue weighted by molar-refractivity contribution is -0.114. The van der Waals surface area contributed by atoms with Crippen LogP contribution in [0.5, 0.6) is 5.75 Å². The third-order valence-corrected chi connectivity index (χ3v) is 3.40. The molecule has 2 aromatic carbocycles. The Balaban J connectivity index is 2.04. The van der Waals surface area contributed by atoms with E-state index in [1.165, 1.54) is 25.3 Å². The highest BCUT2D eigenvalue weighted by Crippen LogP contribution is 2.29. The molecule has 0 atom stereocenters. The number of anilines is 1. The molecule has 8 heteroatoms. The summed E-state index contributed by atoms with van der Waals surface area (Å²) in [5.74, 6) is -0.830. The number of phenolic OH excluding ortho intramolecular Hbond substituents is 1. The van der Waals surface area contributed by atoms with Gasteiger partial charge in [-0.3, -0.25) is 9.59 Å². The Kier molecular flexibility index (Phi) is 5.78. The number of aromatic hydroxyl groups is 1. The van der Waals surface area contributed by atoms with Crippen LogP contribution >= 0.6 is 23.2 Å². The van der Waals surface area contributed by atoms with E-state index in [1.807, 2.05) is 0 Å². The molecule has 3 N–H and O–H groups in total. The first-order chi connectivity index (χ1) is 11.4. The summed E-state index contributed by atoms with van der Waals surface area (Å²) in [6, 6.07) is 9.14. The van der Waals surface area contributed by atoms with Crippen molar-refractivity contribution < 1.29 is 14.7 Å². The van der Waals surface area contributed by atoms with Crippen molar-refractivity contribution >= 4 is 46.9 Å². The summed E-state index contributed by atoms with van der Waals surface area (Å²) >= 11 is 11.6. The van der Waals surface area contributed by atoms with Gasteiger partial charge in [-0.2, -0.15) is 5.10 Å². The summed E-state index contributed by atoms with van der Waals surface area (Å²) in [5.41, 5.74) is 3.53. The predicted octanol–water partition coefficient (Wildman–Crippen LogP) is 3.42. The Morgan fingerprint density at radius 1 is 1.17 bits per heavy atom. The van der Waals surface area contributed by atoms with Crippen molar-refractivity contribution in [1.29, 1.82) is 0 Å². The van der Waals surface area contributed by atoms with Gasteiger partial charge in [-0.25, -0.2) is 5.43 Å². The van der Waals surface area contributed by atoms with E-state index >= 15 is 0 Å². The van der Waals surface area contributed by atoms with Gasteiger partial charge < -0.3 is 10.4 Å². The van der Waals surface area contributed by atoms with Gasteiger partial charge in [0, 0.05) is 28.8 Å². The van der Waals surface area contributed by atoms with Crippen molar-refractivity contribution in [2.75, 3.05) is 5.32 Å². The molecule has 2 aromatic rings. The number of phenols is 1. The van der Waals surface area contributed by atoms with Crippen molar-refractivity contribution in [1.82, 2.24) is 5.43 Å². The standard InChI is InChI=1S/C16H13Cl2N3O3/c1-9(22)20-13-4-2-10(3-5-13)16(24)21-19-8-11-6-12(17)7-14(18)15(11)23/h2-8,23H,1H3,(H,20,22)(H,21,24)/b19-8+. The topological polar surface area (TPSA) is 90.8 Å². The third kappa shape index (κ3) is 4.71. The van der Waals surface area contributed by atoms with E-state index in [1.54, 1.807) is 24.3 Å². The second-order valence-corrected chi connectivity index (χ2v) is 5.63. The SMILES string of the molecule is CC(=O)Nc1ccc(C(=O)N/N=C/c2cc(Cl)cc(Cl)c2O)cc1. The number of hydrogen-bond acceptors (Lipinski definition) is 4. The average molecular weight is 366 g/mol. The first-order valence-corrected chi connectivity index (χ1v) is 7.51. The normalized spacial score (nSPS) is 10.6. The molecule has 6 nitrogen and oxygen atoms in total. The second kappa shape index (κ2) is 7.81. The zero-order chi connectivity index (χ0) is 17.7. The predicted molar refractivity (Wildman–Crippen MR) is 93.9 cm³/mol. The van der Waals surface area contributed by atoms with E-state index in [4.69, 9.17) is 23.2 Å². The van der Waals surface area contributed by atoms with Crippen LogP contribution in [0.4, 0.5) is 5.69 Å². The van der Waals surface area contributed by atoms with Crippen LogP contribution in [0.25, 0.3) is 0 Å². The van der Waals surface area contributed by atoms with Gasteiger partial charge in [0.05, 0.1) is 11.2 Å². The van der Waals surface area contributed by atoms with Crippen molar-refractivity contribution in [3.8, 4) is 5.75 Å². The zero-order valence-electron chi connectivity index (χ0n) is 12.5. The molecule has 0 saturated carbocycles. The van der Waals surface area contributed by atoms with Gasteiger partial charge in [0.2, 0.25) is 5.91 Å². The molecule has 0 aliphatic heterocycles. The molecule has 0 spiro atoms. The lowest BCUT2D eigenvalue weighted by atomic mass is 10.2. The van der Waals surface area contributed by atoms with Gasteiger partial charge in [-0.15, -0.1) is 0 Å². The number of rotatable bonds is 4. The van der Waals surface area contributed by atoms with Crippen LogP contribution in [0, 0.1) is 0 Å². The quantitative estimate of drug-likeness (QED) is 0.572. The smallest absolute Gasteiger partial charge is 0.271 e. The zero-order valence-corrected chi connectivity index (χ0v) is 14.0. The molecule has 124 valence electrons. The second-order valence-electron chi connectivity index (χ2n) is 4.78. The van der Waals surface area contributed by atoms with Crippen LogP contribution in [0.3, 0.4) is 0 Å². The fourth-order valence-corrected chi connectivity index (χ4v) is 2.33. The molecule has 2 rings (SSSR count). The Morgan fingerprint density at radius 3 is 2.46 bits per heavy atom. The number of nitrogens with one attached hydrogen (secondary N) is 2. The van der Waals surface area contributed by atoms with Crippen LogP contribution in [0.2, 0.25) is 10.0 Å². The molecule has 24 heavy (non-hydrogen) atoms. The highest BCUT2D eigenvalue weighted by atomic mass is 35.5. The van der Waals surface area contributed by atoms with E-state index in [0.29, 0.717) is 16.3 Å². The van der Waals surface area contributed by atoms with Crippen LogP contribution < -0.4 is 10.7 Å². The lowest BCUT2D eigenvalue weighted by Gasteiger charge is -2.04. The number of carbonyl (C=O) groups is 2. The number of amides is 2. The molecule has 0 heterocycles. The van der Waals surface area contributed by atoms with Crippen LogP contribution in [-0.4, -0.2) is 23.1 Å². The number of benzene rings is 2. The molecule has 0 aliphatic rings. The molecule has 2 amide bonds. The van der Waals surface area contributed by atoms with Crippen molar-refractivity contribution in [3.63, 3.8) is 0 Å². The number of halogens is 2. The molecular formula is C16H13Cl2N3O3. The summed E-state index contributed by atoms with van der Waals surface area (Å²) in [6.45, 7) is 1.40. The summed E-state index contributed by atoms with van der Waals surface area (Å²) in [5, 5.41) is 16.6. The summed E-state index contributed by atoms with van der Waals surface area (Å²) in [7, 11) is 0. The molecule has 0 aliphatic carbocycles.